The average Bonchev–Trinajstić information content (AvgIpc) is 2.40. The van der Waals surface area contributed by atoms with Crippen molar-refractivity contribution in [3.05, 3.63) is 29.0 Å². The zero-order valence-electron chi connectivity index (χ0n) is 12.7. The van der Waals surface area contributed by atoms with Crippen LogP contribution in [-0.4, -0.2) is 6.54 Å². The van der Waals surface area contributed by atoms with Crippen LogP contribution in [0.2, 0.25) is 5.02 Å². The Bertz CT molecular complexity index is 445. The molecule has 0 heterocycles. The molecule has 1 aliphatic carbocycles. The van der Waals surface area contributed by atoms with Crippen molar-refractivity contribution in [2.24, 2.45) is 17.3 Å². The van der Waals surface area contributed by atoms with Crippen LogP contribution >= 0.6 is 11.6 Å². The second kappa shape index (κ2) is 6.34. The Kier molecular flexibility index (Phi) is 4.95. The molecule has 0 aromatic heterocycles. The van der Waals surface area contributed by atoms with Crippen LogP contribution in [0.5, 0.6) is 0 Å². The number of halogens is 2. The zero-order valence-corrected chi connectivity index (χ0v) is 13.4. The number of benzene rings is 1. The fourth-order valence-electron chi connectivity index (χ4n) is 3.10. The Morgan fingerprint density at radius 2 is 1.85 bits per heavy atom. The minimum atomic E-state index is -0.358. The standard InChI is InChI=1S/C17H25ClFN/c1-17(2,3)13-6-4-12(5-7-13)11-20-14-8-9-16(19)15(18)10-14/h8-10,12-13,20H,4-7,11H2,1-3H3. The first-order valence-electron chi connectivity index (χ1n) is 7.55. The zero-order chi connectivity index (χ0) is 14.8. The highest BCUT2D eigenvalue weighted by atomic mass is 35.5. The average molecular weight is 298 g/mol. The maximum absolute atomic E-state index is 13.1. The molecule has 1 fully saturated rings. The largest absolute Gasteiger partial charge is 0.385 e. The third-order valence-electron chi connectivity index (χ3n) is 4.59. The van der Waals surface area contributed by atoms with Crippen molar-refractivity contribution in [3.8, 4) is 0 Å². The van der Waals surface area contributed by atoms with Gasteiger partial charge in [-0.05, 0) is 61.1 Å². The Hall–Kier alpha value is -0.760. The smallest absolute Gasteiger partial charge is 0.141 e. The molecule has 1 nitrogen and oxygen atoms in total. The van der Waals surface area contributed by atoms with Crippen molar-refractivity contribution < 1.29 is 4.39 Å². The molecule has 20 heavy (non-hydrogen) atoms. The van der Waals surface area contributed by atoms with Crippen LogP contribution in [0.3, 0.4) is 0 Å². The SMILES string of the molecule is CC(C)(C)C1CCC(CNc2ccc(F)c(Cl)c2)CC1. The highest BCUT2D eigenvalue weighted by Gasteiger charge is 2.29. The maximum atomic E-state index is 13.1. The van der Waals surface area contributed by atoms with Crippen LogP contribution in [0.4, 0.5) is 10.1 Å². The van der Waals surface area contributed by atoms with Crippen LogP contribution < -0.4 is 5.32 Å². The molecule has 1 aliphatic rings. The monoisotopic (exact) mass is 297 g/mol. The summed E-state index contributed by atoms with van der Waals surface area (Å²) in [5.41, 5.74) is 1.34. The van der Waals surface area contributed by atoms with Crippen LogP contribution in [0, 0.1) is 23.1 Å². The van der Waals surface area contributed by atoms with Crippen molar-refractivity contribution >= 4 is 17.3 Å². The Morgan fingerprint density at radius 1 is 1.20 bits per heavy atom. The highest BCUT2D eigenvalue weighted by Crippen LogP contribution is 2.39. The van der Waals surface area contributed by atoms with Crippen LogP contribution in [0.1, 0.15) is 46.5 Å². The summed E-state index contributed by atoms with van der Waals surface area (Å²) in [6, 6.07) is 4.83. The molecule has 0 saturated heterocycles. The normalized spacial score (nSPS) is 23.6. The van der Waals surface area contributed by atoms with Gasteiger partial charge >= 0.3 is 0 Å². The molecule has 1 aromatic rings. The first kappa shape index (κ1) is 15.6. The van der Waals surface area contributed by atoms with Gasteiger partial charge in [-0.2, -0.15) is 0 Å². The minimum absolute atomic E-state index is 0.187. The predicted molar refractivity (Wildman–Crippen MR) is 84.8 cm³/mol. The van der Waals surface area contributed by atoms with Crippen LogP contribution in [0.15, 0.2) is 18.2 Å². The van der Waals surface area contributed by atoms with E-state index in [4.69, 9.17) is 11.6 Å². The van der Waals surface area contributed by atoms with Gasteiger partial charge < -0.3 is 5.32 Å². The lowest BCUT2D eigenvalue weighted by atomic mass is 9.70. The van der Waals surface area contributed by atoms with E-state index in [-0.39, 0.29) is 10.8 Å². The first-order valence-corrected chi connectivity index (χ1v) is 7.93. The predicted octanol–water partition coefficient (Wildman–Crippen LogP) is 5.74. The van der Waals surface area contributed by atoms with Crippen molar-refractivity contribution in [2.75, 3.05) is 11.9 Å². The molecule has 2 rings (SSSR count). The van der Waals surface area contributed by atoms with Gasteiger partial charge in [-0.3, -0.25) is 0 Å². The second-order valence-corrected chi connectivity index (χ2v) is 7.50. The van der Waals surface area contributed by atoms with E-state index < -0.39 is 0 Å². The summed E-state index contributed by atoms with van der Waals surface area (Å²) in [7, 11) is 0. The first-order chi connectivity index (χ1) is 9.36. The summed E-state index contributed by atoms with van der Waals surface area (Å²) in [4.78, 5) is 0. The van der Waals surface area contributed by atoms with E-state index in [2.05, 4.69) is 26.1 Å². The molecule has 0 radical (unpaired) electrons. The lowest BCUT2D eigenvalue weighted by Gasteiger charge is -2.37. The molecule has 1 aromatic carbocycles. The van der Waals surface area contributed by atoms with E-state index in [0.717, 1.165) is 24.1 Å². The van der Waals surface area contributed by atoms with Gasteiger partial charge in [0.05, 0.1) is 5.02 Å². The summed E-state index contributed by atoms with van der Waals surface area (Å²) in [5.74, 6) is 1.21. The van der Waals surface area contributed by atoms with E-state index in [0.29, 0.717) is 5.41 Å². The quantitative estimate of drug-likeness (QED) is 0.749. The van der Waals surface area contributed by atoms with Gasteiger partial charge in [-0.1, -0.05) is 32.4 Å². The number of hydrogen-bond acceptors (Lipinski definition) is 1. The van der Waals surface area contributed by atoms with E-state index in [1.54, 1.807) is 12.1 Å². The second-order valence-electron chi connectivity index (χ2n) is 7.09. The minimum Gasteiger partial charge on any atom is -0.385 e. The Morgan fingerprint density at radius 3 is 2.40 bits per heavy atom. The van der Waals surface area contributed by atoms with Gasteiger partial charge in [0.25, 0.3) is 0 Å². The van der Waals surface area contributed by atoms with Gasteiger partial charge in [0.1, 0.15) is 5.82 Å². The van der Waals surface area contributed by atoms with Crippen LogP contribution in [-0.2, 0) is 0 Å². The number of hydrogen-bond donors (Lipinski definition) is 1. The lowest BCUT2D eigenvalue weighted by molar-refractivity contribution is 0.153. The molecule has 112 valence electrons. The topological polar surface area (TPSA) is 12.0 Å². The van der Waals surface area contributed by atoms with Gasteiger partial charge in [-0.15, -0.1) is 0 Å². The fraction of sp³-hybridized carbons (Fsp3) is 0.647. The lowest BCUT2D eigenvalue weighted by Crippen LogP contribution is -2.28. The van der Waals surface area contributed by atoms with E-state index in [1.165, 1.54) is 31.7 Å². The molecule has 1 saturated carbocycles. The van der Waals surface area contributed by atoms with Gasteiger partial charge in [0.15, 0.2) is 0 Å². The third-order valence-corrected chi connectivity index (χ3v) is 4.88. The summed E-state index contributed by atoms with van der Waals surface area (Å²) in [5, 5.41) is 3.57. The van der Waals surface area contributed by atoms with Gasteiger partial charge in [-0.25, -0.2) is 4.39 Å². The molecule has 0 amide bonds. The third kappa shape index (κ3) is 4.12. The van der Waals surface area contributed by atoms with Crippen molar-refractivity contribution in [2.45, 2.75) is 46.5 Å². The molecular formula is C17H25ClFN. The molecule has 0 atom stereocenters. The van der Waals surface area contributed by atoms with Crippen LogP contribution in [0.25, 0.3) is 0 Å². The molecule has 0 bridgehead atoms. The van der Waals surface area contributed by atoms with Crippen molar-refractivity contribution in [1.29, 1.82) is 0 Å². The maximum Gasteiger partial charge on any atom is 0.141 e. The molecular weight excluding hydrogens is 273 g/mol. The number of anilines is 1. The molecule has 0 unspecified atom stereocenters. The molecule has 1 N–H and O–H groups in total. The van der Waals surface area contributed by atoms with Gasteiger partial charge in [0, 0.05) is 12.2 Å². The van der Waals surface area contributed by atoms with Crippen molar-refractivity contribution in [1.82, 2.24) is 0 Å². The molecule has 0 aliphatic heterocycles. The Labute approximate surface area is 126 Å². The molecule has 3 heteroatoms. The van der Waals surface area contributed by atoms with E-state index >= 15 is 0 Å². The number of nitrogens with one attached hydrogen (secondary N) is 1. The van der Waals surface area contributed by atoms with Gasteiger partial charge in [0.2, 0.25) is 0 Å². The summed E-state index contributed by atoms with van der Waals surface area (Å²) in [6.07, 6.45) is 5.20. The summed E-state index contributed by atoms with van der Waals surface area (Å²) in [6.45, 7) is 7.99. The summed E-state index contributed by atoms with van der Waals surface area (Å²) >= 11 is 5.79. The van der Waals surface area contributed by atoms with E-state index in [9.17, 15) is 4.39 Å². The molecule has 0 spiro atoms. The summed E-state index contributed by atoms with van der Waals surface area (Å²) < 4.78 is 13.1. The number of rotatable bonds is 3. The fourth-order valence-corrected chi connectivity index (χ4v) is 3.28. The van der Waals surface area contributed by atoms with E-state index in [1.807, 2.05) is 0 Å². The highest BCUT2D eigenvalue weighted by molar-refractivity contribution is 6.31. The Balaban J connectivity index is 1.80. The van der Waals surface area contributed by atoms with Crippen molar-refractivity contribution in [3.63, 3.8) is 0 Å².